The SMILES string of the molecule is CCCNCCNCc1cccc2[nH]ccc12. The number of aromatic amines is 1. The summed E-state index contributed by atoms with van der Waals surface area (Å²) in [5, 5.41) is 8.17. The highest BCUT2D eigenvalue weighted by molar-refractivity contribution is 5.82. The molecule has 1 heterocycles. The molecular weight excluding hydrogens is 210 g/mol. The molecule has 0 aliphatic rings. The number of hydrogen-bond donors (Lipinski definition) is 3. The number of hydrogen-bond acceptors (Lipinski definition) is 2. The molecule has 0 saturated heterocycles. The van der Waals surface area contributed by atoms with Crippen LogP contribution in [-0.2, 0) is 6.54 Å². The second-order valence-corrected chi connectivity index (χ2v) is 4.28. The monoisotopic (exact) mass is 231 g/mol. The summed E-state index contributed by atoms with van der Waals surface area (Å²) in [4.78, 5) is 3.24. The van der Waals surface area contributed by atoms with Crippen molar-refractivity contribution in [3.8, 4) is 0 Å². The smallest absolute Gasteiger partial charge is 0.0457 e. The van der Waals surface area contributed by atoms with Crippen LogP contribution in [0.3, 0.4) is 0 Å². The summed E-state index contributed by atoms with van der Waals surface area (Å²) in [5.41, 5.74) is 2.58. The van der Waals surface area contributed by atoms with Gasteiger partial charge in [0.2, 0.25) is 0 Å². The Bertz CT molecular complexity index is 447. The van der Waals surface area contributed by atoms with Gasteiger partial charge in [0, 0.05) is 36.7 Å². The minimum atomic E-state index is 0.934. The molecule has 1 aromatic heterocycles. The highest BCUT2D eigenvalue weighted by Crippen LogP contribution is 2.16. The molecule has 0 atom stereocenters. The van der Waals surface area contributed by atoms with Crippen LogP contribution in [0, 0.1) is 0 Å². The van der Waals surface area contributed by atoms with Crippen molar-refractivity contribution in [3.63, 3.8) is 0 Å². The van der Waals surface area contributed by atoms with Crippen molar-refractivity contribution in [2.45, 2.75) is 19.9 Å². The third kappa shape index (κ3) is 3.32. The van der Waals surface area contributed by atoms with Crippen LogP contribution >= 0.6 is 0 Å². The Morgan fingerprint density at radius 3 is 2.82 bits per heavy atom. The Balaban J connectivity index is 1.80. The minimum Gasteiger partial charge on any atom is -0.361 e. The summed E-state index contributed by atoms with van der Waals surface area (Å²) in [5.74, 6) is 0. The maximum atomic E-state index is 3.47. The summed E-state index contributed by atoms with van der Waals surface area (Å²) in [6, 6.07) is 8.54. The number of nitrogens with one attached hydrogen (secondary N) is 3. The zero-order valence-electron chi connectivity index (χ0n) is 10.4. The summed E-state index contributed by atoms with van der Waals surface area (Å²) < 4.78 is 0. The highest BCUT2D eigenvalue weighted by atomic mass is 14.9. The zero-order chi connectivity index (χ0) is 11.9. The van der Waals surface area contributed by atoms with Gasteiger partial charge in [0.05, 0.1) is 0 Å². The predicted molar refractivity (Wildman–Crippen MR) is 73.2 cm³/mol. The minimum absolute atomic E-state index is 0.934. The molecule has 3 nitrogen and oxygen atoms in total. The average Bonchev–Trinajstić information content (AvgIpc) is 2.82. The Morgan fingerprint density at radius 2 is 1.94 bits per heavy atom. The van der Waals surface area contributed by atoms with Crippen molar-refractivity contribution >= 4 is 10.9 Å². The van der Waals surface area contributed by atoms with Gasteiger partial charge in [-0.05, 0) is 30.7 Å². The molecule has 0 aliphatic heterocycles. The first-order valence-electron chi connectivity index (χ1n) is 6.38. The fraction of sp³-hybridized carbons (Fsp3) is 0.429. The molecule has 2 aromatic rings. The molecule has 0 amide bonds. The van der Waals surface area contributed by atoms with Gasteiger partial charge in [0.25, 0.3) is 0 Å². The number of benzene rings is 1. The molecule has 0 bridgehead atoms. The standard InChI is InChI=1S/C14H21N3/c1-2-7-15-9-10-16-11-12-4-3-5-14-13(12)6-8-17-14/h3-6,8,15-17H,2,7,9-11H2,1H3. The Kier molecular flexibility index (Phi) is 4.59. The fourth-order valence-electron chi connectivity index (χ4n) is 2.01. The van der Waals surface area contributed by atoms with E-state index in [4.69, 9.17) is 0 Å². The van der Waals surface area contributed by atoms with Crippen LogP contribution in [0.1, 0.15) is 18.9 Å². The van der Waals surface area contributed by atoms with Gasteiger partial charge in [-0.2, -0.15) is 0 Å². The first-order chi connectivity index (χ1) is 8.42. The van der Waals surface area contributed by atoms with Gasteiger partial charge in [0.1, 0.15) is 0 Å². The molecule has 3 N–H and O–H groups in total. The van der Waals surface area contributed by atoms with Crippen molar-refractivity contribution < 1.29 is 0 Å². The van der Waals surface area contributed by atoms with Crippen LogP contribution in [0.2, 0.25) is 0 Å². The highest BCUT2D eigenvalue weighted by Gasteiger charge is 2.00. The zero-order valence-corrected chi connectivity index (χ0v) is 10.4. The van der Waals surface area contributed by atoms with Gasteiger partial charge in [0.15, 0.2) is 0 Å². The second-order valence-electron chi connectivity index (χ2n) is 4.28. The van der Waals surface area contributed by atoms with E-state index in [-0.39, 0.29) is 0 Å². The first kappa shape index (κ1) is 12.1. The van der Waals surface area contributed by atoms with E-state index >= 15 is 0 Å². The van der Waals surface area contributed by atoms with Gasteiger partial charge in [-0.15, -0.1) is 0 Å². The number of H-pyrrole nitrogens is 1. The Labute approximate surface area is 103 Å². The molecule has 0 saturated carbocycles. The summed E-state index contributed by atoms with van der Waals surface area (Å²) in [6.07, 6.45) is 3.19. The Hall–Kier alpha value is -1.32. The molecule has 0 radical (unpaired) electrons. The molecule has 2 rings (SSSR count). The summed E-state index contributed by atoms with van der Waals surface area (Å²) in [7, 11) is 0. The van der Waals surface area contributed by atoms with Crippen molar-refractivity contribution in [2.75, 3.05) is 19.6 Å². The number of fused-ring (bicyclic) bond motifs is 1. The van der Waals surface area contributed by atoms with Crippen molar-refractivity contribution in [3.05, 3.63) is 36.0 Å². The summed E-state index contributed by atoms with van der Waals surface area (Å²) in [6.45, 7) is 6.28. The molecule has 0 unspecified atom stereocenters. The molecule has 17 heavy (non-hydrogen) atoms. The molecule has 3 heteroatoms. The lowest BCUT2D eigenvalue weighted by molar-refractivity contribution is 0.608. The largest absolute Gasteiger partial charge is 0.361 e. The maximum absolute atomic E-state index is 3.47. The van der Waals surface area contributed by atoms with Gasteiger partial charge in [-0.1, -0.05) is 19.1 Å². The number of aromatic nitrogens is 1. The lowest BCUT2D eigenvalue weighted by Gasteiger charge is -2.07. The molecule has 0 spiro atoms. The van der Waals surface area contributed by atoms with E-state index in [0.717, 1.165) is 26.2 Å². The van der Waals surface area contributed by atoms with Crippen molar-refractivity contribution in [2.24, 2.45) is 0 Å². The van der Waals surface area contributed by atoms with Crippen molar-refractivity contribution in [1.82, 2.24) is 15.6 Å². The van der Waals surface area contributed by atoms with E-state index in [1.165, 1.54) is 22.9 Å². The average molecular weight is 231 g/mol. The fourth-order valence-corrected chi connectivity index (χ4v) is 2.01. The van der Waals surface area contributed by atoms with Crippen LogP contribution in [0.5, 0.6) is 0 Å². The molecule has 0 aliphatic carbocycles. The van der Waals surface area contributed by atoms with Crippen LogP contribution in [-0.4, -0.2) is 24.6 Å². The normalized spacial score (nSPS) is 11.1. The van der Waals surface area contributed by atoms with Crippen LogP contribution in [0.25, 0.3) is 10.9 Å². The lowest BCUT2D eigenvalue weighted by Crippen LogP contribution is -2.27. The topological polar surface area (TPSA) is 39.8 Å². The molecule has 0 fully saturated rings. The third-order valence-electron chi connectivity index (χ3n) is 2.91. The summed E-state index contributed by atoms with van der Waals surface area (Å²) >= 11 is 0. The van der Waals surface area contributed by atoms with Crippen LogP contribution < -0.4 is 10.6 Å². The number of rotatable bonds is 7. The van der Waals surface area contributed by atoms with E-state index in [1.807, 2.05) is 6.20 Å². The van der Waals surface area contributed by atoms with E-state index in [9.17, 15) is 0 Å². The Morgan fingerprint density at radius 1 is 1.06 bits per heavy atom. The lowest BCUT2D eigenvalue weighted by atomic mass is 10.1. The predicted octanol–water partition coefficient (Wildman–Crippen LogP) is 2.26. The third-order valence-corrected chi connectivity index (χ3v) is 2.91. The van der Waals surface area contributed by atoms with E-state index < -0.39 is 0 Å². The quantitative estimate of drug-likeness (QED) is 0.640. The van der Waals surface area contributed by atoms with Gasteiger partial charge in [-0.3, -0.25) is 0 Å². The van der Waals surface area contributed by atoms with Gasteiger partial charge >= 0.3 is 0 Å². The van der Waals surface area contributed by atoms with Crippen LogP contribution in [0.4, 0.5) is 0 Å². The van der Waals surface area contributed by atoms with Gasteiger partial charge < -0.3 is 15.6 Å². The van der Waals surface area contributed by atoms with E-state index in [1.54, 1.807) is 0 Å². The van der Waals surface area contributed by atoms with Crippen molar-refractivity contribution in [1.29, 1.82) is 0 Å². The maximum Gasteiger partial charge on any atom is 0.0457 e. The molecule has 1 aromatic carbocycles. The molecular formula is C14H21N3. The first-order valence-corrected chi connectivity index (χ1v) is 6.38. The second kappa shape index (κ2) is 6.42. The van der Waals surface area contributed by atoms with Crippen LogP contribution in [0.15, 0.2) is 30.5 Å². The van der Waals surface area contributed by atoms with Gasteiger partial charge in [-0.25, -0.2) is 0 Å². The molecule has 92 valence electrons. The van der Waals surface area contributed by atoms with E-state index in [0.29, 0.717) is 0 Å². The van der Waals surface area contributed by atoms with E-state index in [2.05, 4.69) is 46.8 Å².